The fraction of sp³-hybridized carbons (Fsp3) is 0.333. The third kappa shape index (κ3) is 3.13. The molecule has 100 valence electrons. The molecule has 0 aliphatic carbocycles. The number of carbonyl (C=O) groups is 1. The van der Waals surface area contributed by atoms with Crippen molar-refractivity contribution in [3.63, 3.8) is 0 Å². The maximum atomic E-state index is 12.4. The van der Waals surface area contributed by atoms with E-state index in [0.717, 1.165) is 16.2 Å². The Labute approximate surface area is 121 Å². The molecular formula is C15H17BrN2O. The molecule has 1 heterocycles. The van der Waals surface area contributed by atoms with Crippen LogP contribution in [0, 0.1) is 5.92 Å². The largest absolute Gasteiger partial charge is 0.348 e. The van der Waals surface area contributed by atoms with E-state index < -0.39 is 0 Å². The summed E-state index contributed by atoms with van der Waals surface area (Å²) >= 11 is 3.44. The van der Waals surface area contributed by atoms with Gasteiger partial charge in [0.25, 0.3) is 5.91 Å². The molecule has 0 aliphatic heterocycles. The number of halogens is 1. The molecule has 0 bridgehead atoms. The number of alkyl halides is 1. The second-order valence-corrected chi connectivity index (χ2v) is 5.50. The third-order valence-corrected chi connectivity index (χ3v) is 3.88. The molecule has 2 aromatic rings. The number of aromatic nitrogens is 1. The first-order valence-corrected chi connectivity index (χ1v) is 7.46. The molecule has 19 heavy (non-hydrogen) atoms. The Morgan fingerprint density at radius 3 is 2.74 bits per heavy atom. The number of fused-ring (bicyclic) bond motifs is 1. The molecule has 0 saturated heterocycles. The summed E-state index contributed by atoms with van der Waals surface area (Å²) in [6, 6.07) is 9.58. The van der Waals surface area contributed by atoms with E-state index >= 15 is 0 Å². The molecule has 4 heteroatoms. The van der Waals surface area contributed by atoms with Crippen molar-refractivity contribution in [1.82, 2.24) is 10.3 Å². The van der Waals surface area contributed by atoms with Gasteiger partial charge in [-0.05, 0) is 18.1 Å². The van der Waals surface area contributed by atoms with E-state index in [1.165, 1.54) is 0 Å². The first kappa shape index (κ1) is 14.0. The van der Waals surface area contributed by atoms with Crippen molar-refractivity contribution in [3.05, 3.63) is 42.1 Å². The van der Waals surface area contributed by atoms with Crippen LogP contribution < -0.4 is 5.32 Å². The Morgan fingerprint density at radius 1 is 1.32 bits per heavy atom. The van der Waals surface area contributed by atoms with Crippen LogP contribution in [0.5, 0.6) is 0 Å². The minimum absolute atomic E-state index is 0.0447. The zero-order valence-electron chi connectivity index (χ0n) is 11.1. The van der Waals surface area contributed by atoms with Gasteiger partial charge in [0.15, 0.2) is 0 Å². The number of hydrogen-bond acceptors (Lipinski definition) is 2. The molecule has 1 unspecified atom stereocenters. The van der Waals surface area contributed by atoms with Crippen molar-refractivity contribution in [2.75, 3.05) is 5.33 Å². The summed E-state index contributed by atoms with van der Waals surface area (Å²) in [6.07, 6.45) is 1.68. The zero-order valence-corrected chi connectivity index (χ0v) is 12.6. The highest BCUT2D eigenvalue weighted by molar-refractivity contribution is 9.09. The lowest BCUT2D eigenvalue weighted by atomic mass is 10.0. The fourth-order valence-electron chi connectivity index (χ4n) is 1.92. The van der Waals surface area contributed by atoms with E-state index in [9.17, 15) is 4.79 Å². The van der Waals surface area contributed by atoms with Gasteiger partial charge < -0.3 is 5.32 Å². The summed E-state index contributed by atoms with van der Waals surface area (Å²) in [5, 5.41) is 4.70. The molecule has 0 fully saturated rings. The Hall–Kier alpha value is -1.42. The summed E-state index contributed by atoms with van der Waals surface area (Å²) in [5.74, 6) is 0.341. The van der Waals surface area contributed by atoms with Gasteiger partial charge in [-0.3, -0.25) is 9.78 Å². The lowest BCUT2D eigenvalue weighted by molar-refractivity contribution is 0.0933. The van der Waals surface area contributed by atoms with Crippen LogP contribution in [0.15, 0.2) is 36.5 Å². The average Bonchev–Trinajstić information content (AvgIpc) is 2.43. The minimum atomic E-state index is -0.0447. The van der Waals surface area contributed by atoms with E-state index in [4.69, 9.17) is 0 Å². The summed E-state index contributed by atoms with van der Waals surface area (Å²) in [4.78, 5) is 16.6. The van der Waals surface area contributed by atoms with Crippen LogP contribution in [-0.2, 0) is 0 Å². The van der Waals surface area contributed by atoms with Crippen LogP contribution in [0.25, 0.3) is 10.9 Å². The molecule has 3 nitrogen and oxygen atoms in total. The number of nitrogens with one attached hydrogen (secondary N) is 1. The summed E-state index contributed by atoms with van der Waals surface area (Å²) in [7, 11) is 0. The summed E-state index contributed by atoms with van der Waals surface area (Å²) in [6.45, 7) is 4.19. The van der Waals surface area contributed by atoms with Crippen LogP contribution >= 0.6 is 15.9 Å². The standard InChI is InChI=1S/C15H17BrN2O/c1-10(2)14(9-16)18-15(19)12-7-8-17-13-6-4-3-5-11(12)13/h3-8,10,14H,9H2,1-2H3,(H,18,19). The van der Waals surface area contributed by atoms with Gasteiger partial charge >= 0.3 is 0 Å². The normalized spacial score (nSPS) is 12.6. The van der Waals surface area contributed by atoms with Gasteiger partial charge in [-0.1, -0.05) is 48.0 Å². The van der Waals surface area contributed by atoms with E-state index in [-0.39, 0.29) is 11.9 Å². The quantitative estimate of drug-likeness (QED) is 0.877. The van der Waals surface area contributed by atoms with E-state index in [2.05, 4.69) is 40.1 Å². The van der Waals surface area contributed by atoms with Crippen LogP contribution in [0.1, 0.15) is 24.2 Å². The van der Waals surface area contributed by atoms with E-state index in [1.54, 1.807) is 12.3 Å². The lowest BCUT2D eigenvalue weighted by Gasteiger charge is -2.20. The molecular weight excluding hydrogens is 304 g/mol. The molecule has 0 spiro atoms. The van der Waals surface area contributed by atoms with Crippen molar-refractivity contribution in [1.29, 1.82) is 0 Å². The van der Waals surface area contributed by atoms with Crippen molar-refractivity contribution in [2.45, 2.75) is 19.9 Å². The molecule has 1 aromatic carbocycles. The highest BCUT2D eigenvalue weighted by Crippen LogP contribution is 2.16. The average molecular weight is 321 g/mol. The predicted molar refractivity (Wildman–Crippen MR) is 81.6 cm³/mol. The van der Waals surface area contributed by atoms with Gasteiger partial charge in [-0.15, -0.1) is 0 Å². The third-order valence-electron chi connectivity index (χ3n) is 3.18. The molecule has 0 saturated carbocycles. The Bertz CT molecular complexity index is 578. The smallest absolute Gasteiger partial charge is 0.252 e. The number of rotatable bonds is 4. The predicted octanol–water partition coefficient (Wildman–Crippen LogP) is 3.38. The van der Waals surface area contributed by atoms with Gasteiger partial charge in [-0.2, -0.15) is 0 Å². The number of para-hydroxylation sites is 1. The molecule has 0 aliphatic rings. The minimum Gasteiger partial charge on any atom is -0.348 e. The maximum absolute atomic E-state index is 12.4. The molecule has 1 aromatic heterocycles. The number of pyridine rings is 1. The first-order chi connectivity index (χ1) is 9.13. The topological polar surface area (TPSA) is 42.0 Å². The van der Waals surface area contributed by atoms with Crippen LogP contribution in [-0.4, -0.2) is 22.3 Å². The lowest BCUT2D eigenvalue weighted by Crippen LogP contribution is -2.39. The molecule has 1 N–H and O–H groups in total. The fourth-order valence-corrected chi connectivity index (χ4v) is 2.83. The van der Waals surface area contributed by atoms with E-state index in [1.807, 2.05) is 24.3 Å². The maximum Gasteiger partial charge on any atom is 0.252 e. The summed E-state index contributed by atoms with van der Waals surface area (Å²) < 4.78 is 0. The van der Waals surface area contributed by atoms with Crippen LogP contribution in [0.4, 0.5) is 0 Å². The van der Waals surface area contributed by atoms with Gasteiger partial charge in [0.1, 0.15) is 0 Å². The number of amides is 1. The first-order valence-electron chi connectivity index (χ1n) is 6.34. The Kier molecular flexibility index (Phi) is 4.53. The number of nitrogens with zero attached hydrogens (tertiary/aromatic N) is 1. The SMILES string of the molecule is CC(C)C(CBr)NC(=O)c1ccnc2ccccc12. The van der Waals surface area contributed by atoms with Crippen molar-refractivity contribution >= 4 is 32.7 Å². The second-order valence-electron chi connectivity index (χ2n) is 4.85. The highest BCUT2D eigenvalue weighted by Gasteiger charge is 2.17. The Balaban J connectivity index is 2.31. The van der Waals surface area contributed by atoms with Crippen molar-refractivity contribution in [2.24, 2.45) is 5.92 Å². The van der Waals surface area contributed by atoms with Gasteiger partial charge in [0.05, 0.1) is 11.1 Å². The van der Waals surface area contributed by atoms with Gasteiger partial charge in [0.2, 0.25) is 0 Å². The molecule has 2 rings (SSSR count). The van der Waals surface area contributed by atoms with Crippen molar-refractivity contribution in [3.8, 4) is 0 Å². The van der Waals surface area contributed by atoms with Crippen molar-refractivity contribution < 1.29 is 4.79 Å². The second kappa shape index (κ2) is 6.15. The van der Waals surface area contributed by atoms with Crippen LogP contribution in [0.2, 0.25) is 0 Å². The van der Waals surface area contributed by atoms with Gasteiger partial charge in [-0.25, -0.2) is 0 Å². The number of carbonyl (C=O) groups excluding carboxylic acids is 1. The molecule has 1 atom stereocenters. The zero-order chi connectivity index (χ0) is 13.8. The Morgan fingerprint density at radius 2 is 2.05 bits per heavy atom. The van der Waals surface area contributed by atoms with Crippen LogP contribution in [0.3, 0.4) is 0 Å². The number of benzene rings is 1. The monoisotopic (exact) mass is 320 g/mol. The van der Waals surface area contributed by atoms with Gasteiger partial charge in [0, 0.05) is 23.0 Å². The summed E-state index contributed by atoms with van der Waals surface area (Å²) in [5.41, 5.74) is 1.52. The number of hydrogen-bond donors (Lipinski definition) is 1. The highest BCUT2D eigenvalue weighted by atomic mass is 79.9. The molecule has 1 amide bonds. The molecule has 0 radical (unpaired) electrons. The van der Waals surface area contributed by atoms with E-state index in [0.29, 0.717) is 11.5 Å².